The van der Waals surface area contributed by atoms with Crippen LogP contribution in [0.4, 0.5) is 5.69 Å². The van der Waals surface area contributed by atoms with Gasteiger partial charge in [-0.1, -0.05) is 0 Å². The maximum Gasteiger partial charge on any atom is 0.253 e. The van der Waals surface area contributed by atoms with E-state index in [1.54, 1.807) is 23.1 Å². The number of amides is 1. The molecular formula is C14H19N5O. The summed E-state index contributed by atoms with van der Waals surface area (Å²) in [6, 6.07) is 1.72. The van der Waals surface area contributed by atoms with E-state index in [0.717, 1.165) is 24.2 Å². The number of anilines is 1. The second kappa shape index (κ2) is 6.70. The van der Waals surface area contributed by atoms with Crippen molar-refractivity contribution in [1.82, 2.24) is 20.1 Å². The smallest absolute Gasteiger partial charge is 0.253 e. The Balaban J connectivity index is 1.91. The summed E-state index contributed by atoms with van der Waals surface area (Å²) in [6.07, 6.45) is 7.81. The number of hydrogen-bond acceptors (Lipinski definition) is 4. The third kappa shape index (κ3) is 3.57. The highest BCUT2D eigenvalue weighted by molar-refractivity contribution is 5.99. The van der Waals surface area contributed by atoms with Gasteiger partial charge in [-0.2, -0.15) is 5.10 Å². The third-order valence-electron chi connectivity index (χ3n) is 2.89. The number of aryl methyl sites for hydroxylation is 1. The third-order valence-corrected chi connectivity index (χ3v) is 2.89. The number of carbonyl (C=O) groups is 1. The van der Waals surface area contributed by atoms with E-state index in [1.807, 2.05) is 26.4 Å². The fourth-order valence-electron chi connectivity index (χ4n) is 1.94. The Hall–Kier alpha value is -2.37. The van der Waals surface area contributed by atoms with Crippen LogP contribution in [0.1, 0.15) is 22.8 Å². The minimum atomic E-state index is -0.0905. The van der Waals surface area contributed by atoms with Gasteiger partial charge in [0.05, 0.1) is 23.6 Å². The fraction of sp³-hybridized carbons (Fsp3) is 0.357. The summed E-state index contributed by atoms with van der Waals surface area (Å²) in [5, 5.41) is 10.1. The van der Waals surface area contributed by atoms with Crippen LogP contribution < -0.4 is 10.6 Å². The van der Waals surface area contributed by atoms with Crippen LogP contribution >= 0.6 is 0 Å². The number of carbonyl (C=O) groups excluding carboxylic acids is 1. The van der Waals surface area contributed by atoms with Gasteiger partial charge in [0.1, 0.15) is 0 Å². The molecule has 20 heavy (non-hydrogen) atoms. The van der Waals surface area contributed by atoms with Crippen LogP contribution in [0.25, 0.3) is 0 Å². The van der Waals surface area contributed by atoms with Crippen molar-refractivity contribution in [2.45, 2.75) is 13.3 Å². The van der Waals surface area contributed by atoms with Crippen LogP contribution in [0, 0.1) is 0 Å². The molecule has 0 radical (unpaired) electrons. The minimum Gasteiger partial charge on any atom is -0.383 e. The largest absolute Gasteiger partial charge is 0.383 e. The topological polar surface area (TPSA) is 71.8 Å². The highest BCUT2D eigenvalue weighted by Gasteiger charge is 2.10. The molecule has 2 aromatic heterocycles. The van der Waals surface area contributed by atoms with Crippen molar-refractivity contribution in [3.63, 3.8) is 0 Å². The van der Waals surface area contributed by atoms with Gasteiger partial charge in [-0.25, -0.2) is 0 Å². The van der Waals surface area contributed by atoms with Crippen molar-refractivity contribution in [2.24, 2.45) is 7.05 Å². The normalized spacial score (nSPS) is 10.3. The Bertz CT molecular complexity index is 578. The van der Waals surface area contributed by atoms with Gasteiger partial charge >= 0.3 is 0 Å². The lowest BCUT2D eigenvalue weighted by molar-refractivity contribution is 0.0955. The summed E-state index contributed by atoms with van der Waals surface area (Å²) in [4.78, 5) is 16.2. The summed E-state index contributed by atoms with van der Waals surface area (Å²) in [6.45, 7) is 3.32. The second-order valence-corrected chi connectivity index (χ2v) is 4.48. The van der Waals surface area contributed by atoms with Crippen molar-refractivity contribution in [3.05, 3.63) is 42.0 Å². The molecule has 6 heteroatoms. The molecule has 2 N–H and O–H groups in total. The van der Waals surface area contributed by atoms with E-state index in [-0.39, 0.29) is 5.91 Å². The van der Waals surface area contributed by atoms with E-state index in [9.17, 15) is 4.79 Å². The van der Waals surface area contributed by atoms with Crippen LogP contribution in [-0.2, 0) is 13.5 Å². The van der Waals surface area contributed by atoms with E-state index < -0.39 is 0 Å². The van der Waals surface area contributed by atoms with Crippen molar-refractivity contribution < 1.29 is 4.79 Å². The Labute approximate surface area is 118 Å². The number of rotatable bonds is 6. The lowest BCUT2D eigenvalue weighted by Gasteiger charge is -2.10. The maximum atomic E-state index is 12.1. The lowest BCUT2D eigenvalue weighted by Crippen LogP contribution is -2.26. The van der Waals surface area contributed by atoms with E-state index in [2.05, 4.69) is 20.7 Å². The number of hydrogen-bond donors (Lipinski definition) is 2. The van der Waals surface area contributed by atoms with Gasteiger partial charge in [-0.05, 0) is 25.0 Å². The molecule has 0 saturated carbocycles. The predicted octanol–water partition coefficient (Wildman–Crippen LogP) is 1.22. The Morgan fingerprint density at radius 1 is 1.40 bits per heavy atom. The minimum absolute atomic E-state index is 0.0905. The first-order valence-electron chi connectivity index (χ1n) is 6.64. The van der Waals surface area contributed by atoms with Gasteiger partial charge in [0.25, 0.3) is 5.91 Å². The van der Waals surface area contributed by atoms with Crippen LogP contribution in [0.3, 0.4) is 0 Å². The summed E-state index contributed by atoms with van der Waals surface area (Å²) in [5.74, 6) is -0.0905. The fourth-order valence-corrected chi connectivity index (χ4v) is 1.94. The van der Waals surface area contributed by atoms with Crippen LogP contribution in [0.5, 0.6) is 0 Å². The Morgan fingerprint density at radius 2 is 2.25 bits per heavy atom. The van der Waals surface area contributed by atoms with Crippen LogP contribution in [0.2, 0.25) is 0 Å². The standard InChI is InChI=1S/C14H19N5O/c1-3-16-13-9-15-6-5-12(13)14(20)17-7-4-11-8-18-19(2)10-11/h5-6,8-10,16H,3-4,7H2,1-2H3,(H,17,20). The summed E-state index contributed by atoms with van der Waals surface area (Å²) >= 11 is 0. The monoisotopic (exact) mass is 273 g/mol. The average molecular weight is 273 g/mol. The highest BCUT2D eigenvalue weighted by Crippen LogP contribution is 2.12. The predicted molar refractivity (Wildman–Crippen MR) is 77.6 cm³/mol. The van der Waals surface area contributed by atoms with E-state index in [0.29, 0.717) is 12.1 Å². The molecule has 0 aromatic carbocycles. The quantitative estimate of drug-likeness (QED) is 0.830. The van der Waals surface area contributed by atoms with Crippen molar-refractivity contribution in [2.75, 3.05) is 18.4 Å². The molecule has 0 fully saturated rings. The molecule has 0 bridgehead atoms. The Morgan fingerprint density at radius 3 is 2.95 bits per heavy atom. The zero-order valence-electron chi connectivity index (χ0n) is 11.8. The molecule has 0 aliphatic heterocycles. The second-order valence-electron chi connectivity index (χ2n) is 4.48. The van der Waals surface area contributed by atoms with E-state index in [4.69, 9.17) is 0 Å². The van der Waals surface area contributed by atoms with Gasteiger partial charge in [-0.15, -0.1) is 0 Å². The molecule has 2 aromatic rings. The van der Waals surface area contributed by atoms with Gasteiger partial charge in [0.15, 0.2) is 0 Å². The van der Waals surface area contributed by atoms with Crippen LogP contribution in [-0.4, -0.2) is 33.8 Å². The van der Waals surface area contributed by atoms with Gasteiger partial charge in [-0.3, -0.25) is 14.5 Å². The van der Waals surface area contributed by atoms with Gasteiger partial charge in [0, 0.05) is 32.5 Å². The maximum absolute atomic E-state index is 12.1. The first-order valence-corrected chi connectivity index (χ1v) is 6.64. The Kier molecular flexibility index (Phi) is 4.70. The average Bonchev–Trinajstić information content (AvgIpc) is 2.85. The summed E-state index contributed by atoms with van der Waals surface area (Å²) in [7, 11) is 1.88. The van der Waals surface area contributed by atoms with E-state index >= 15 is 0 Å². The van der Waals surface area contributed by atoms with Crippen molar-refractivity contribution in [3.8, 4) is 0 Å². The number of nitrogens with one attached hydrogen (secondary N) is 2. The SMILES string of the molecule is CCNc1cnccc1C(=O)NCCc1cnn(C)c1. The molecule has 0 aliphatic carbocycles. The molecule has 2 heterocycles. The molecule has 0 aliphatic rings. The van der Waals surface area contributed by atoms with Crippen molar-refractivity contribution in [1.29, 1.82) is 0 Å². The lowest BCUT2D eigenvalue weighted by atomic mass is 10.2. The first kappa shape index (κ1) is 14.0. The van der Waals surface area contributed by atoms with Crippen molar-refractivity contribution >= 4 is 11.6 Å². The highest BCUT2D eigenvalue weighted by atomic mass is 16.1. The zero-order valence-corrected chi connectivity index (χ0v) is 11.8. The molecule has 0 atom stereocenters. The molecule has 0 spiro atoms. The molecule has 0 unspecified atom stereocenters. The van der Waals surface area contributed by atoms with Gasteiger partial charge < -0.3 is 10.6 Å². The first-order chi connectivity index (χ1) is 9.70. The summed E-state index contributed by atoms with van der Waals surface area (Å²) < 4.78 is 1.75. The number of aromatic nitrogens is 3. The van der Waals surface area contributed by atoms with E-state index in [1.165, 1.54) is 0 Å². The van der Waals surface area contributed by atoms with Gasteiger partial charge in [0.2, 0.25) is 0 Å². The molecule has 0 saturated heterocycles. The molecular weight excluding hydrogens is 254 g/mol. The molecule has 2 rings (SSSR count). The summed E-state index contributed by atoms with van der Waals surface area (Å²) in [5.41, 5.74) is 2.48. The number of nitrogens with zero attached hydrogens (tertiary/aromatic N) is 3. The number of pyridine rings is 1. The van der Waals surface area contributed by atoms with Crippen LogP contribution in [0.15, 0.2) is 30.9 Å². The molecule has 6 nitrogen and oxygen atoms in total. The molecule has 1 amide bonds. The zero-order chi connectivity index (χ0) is 14.4. The molecule has 106 valence electrons.